The number of carbonyl (C=O) groups is 1. The van der Waals surface area contributed by atoms with E-state index in [1.54, 1.807) is 32.6 Å². The number of Topliss-reactive ketones (excluding diaryl/α,β-unsaturated/α-hetero) is 1. The number of imidazole rings is 2. The molecule has 10 heteroatoms. The molecular formula is C23H27N5O5. The molecule has 0 aliphatic carbocycles. The van der Waals surface area contributed by atoms with Crippen LogP contribution < -0.4 is 20.7 Å². The largest absolute Gasteiger partial charge is 0.493 e. The molecule has 0 spiro atoms. The van der Waals surface area contributed by atoms with E-state index >= 15 is 0 Å². The summed E-state index contributed by atoms with van der Waals surface area (Å²) in [6.07, 6.45) is 2.52. The third kappa shape index (κ3) is 3.51. The molecule has 3 heterocycles. The third-order valence-corrected chi connectivity index (χ3v) is 6.14. The Bertz CT molecular complexity index is 1500. The van der Waals surface area contributed by atoms with Crippen molar-refractivity contribution < 1.29 is 14.3 Å². The summed E-state index contributed by atoms with van der Waals surface area (Å²) in [4.78, 5) is 42.6. The maximum absolute atomic E-state index is 13.3. The van der Waals surface area contributed by atoms with Gasteiger partial charge in [0.2, 0.25) is 5.78 Å². The summed E-state index contributed by atoms with van der Waals surface area (Å²) in [7, 11) is 4.75. The van der Waals surface area contributed by atoms with Crippen molar-refractivity contribution in [3.63, 3.8) is 0 Å². The van der Waals surface area contributed by atoms with Crippen molar-refractivity contribution in [2.75, 3.05) is 14.2 Å². The van der Waals surface area contributed by atoms with E-state index in [1.165, 1.54) is 11.5 Å². The zero-order valence-electron chi connectivity index (χ0n) is 19.6. The Kier molecular flexibility index (Phi) is 5.61. The van der Waals surface area contributed by atoms with Gasteiger partial charge in [-0.25, -0.2) is 9.36 Å². The monoisotopic (exact) mass is 453 g/mol. The molecule has 4 aromatic rings. The van der Waals surface area contributed by atoms with Gasteiger partial charge in [-0.1, -0.05) is 6.07 Å². The lowest BCUT2D eigenvalue weighted by molar-refractivity contribution is -0.119. The average Bonchev–Trinajstić information content (AvgIpc) is 3.30. The van der Waals surface area contributed by atoms with Crippen molar-refractivity contribution in [1.82, 2.24) is 23.1 Å². The predicted molar refractivity (Wildman–Crippen MR) is 124 cm³/mol. The highest BCUT2D eigenvalue weighted by atomic mass is 16.5. The van der Waals surface area contributed by atoms with Crippen LogP contribution in [0.25, 0.3) is 16.9 Å². The lowest BCUT2D eigenvalue weighted by Crippen LogP contribution is -2.42. The Labute approximate surface area is 189 Å². The van der Waals surface area contributed by atoms with Crippen LogP contribution in [0.15, 0.2) is 34.0 Å². The van der Waals surface area contributed by atoms with Gasteiger partial charge in [-0.15, -0.1) is 0 Å². The van der Waals surface area contributed by atoms with Crippen LogP contribution in [0, 0.1) is 6.92 Å². The van der Waals surface area contributed by atoms with Crippen LogP contribution in [0.1, 0.15) is 31.1 Å². The molecule has 0 N–H and O–H groups in total. The van der Waals surface area contributed by atoms with Gasteiger partial charge < -0.3 is 14.0 Å². The zero-order chi connectivity index (χ0) is 24.0. The molecule has 1 aromatic carbocycles. The smallest absolute Gasteiger partial charge is 0.333 e. The van der Waals surface area contributed by atoms with E-state index in [0.717, 1.165) is 15.8 Å². The van der Waals surface area contributed by atoms with Crippen LogP contribution in [0.2, 0.25) is 0 Å². The first-order valence-electron chi connectivity index (χ1n) is 10.6. The second-order valence-corrected chi connectivity index (χ2v) is 8.12. The molecule has 0 aliphatic heterocycles. The van der Waals surface area contributed by atoms with Gasteiger partial charge in [0.1, 0.15) is 0 Å². The molecule has 3 aromatic heterocycles. The lowest BCUT2D eigenvalue weighted by atomic mass is 10.1. The minimum atomic E-state index is -0.862. The number of benzene rings is 1. The molecule has 4 rings (SSSR count). The van der Waals surface area contributed by atoms with Crippen molar-refractivity contribution in [2.24, 2.45) is 7.05 Å². The normalized spacial score (nSPS) is 12.4. The molecule has 0 saturated carbocycles. The number of hydrogen-bond acceptors (Lipinski definition) is 6. The SMILES string of the molecule is COc1ccc(CCn2c(C)cn3c4c(=O)n(C(C)C(C)=O)c(=O)n(C)c4nc23)cc1OC. The van der Waals surface area contributed by atoms with Crippen molar-refractivity contribution >= 4 is 22.7 Å². The average molecular weight is 453 g/mol. The molecule has 174 valence electrons. The first kappa shape index (κ1) is 22.4. The number of rotatable bonds is 7. The highest BCUT2D eigenvalue weighted by molar-refractivity contribution is 5.80. The van der Waals surface area contributed by atoms with Crippen LogP contribution >= 0.6 is 0 Å². The molecule has 33 heavy (non-hydrogen) atoms. The van der Waals surface area contributed by atoms with Gasteiger partial charge in [-0.2, -0.15) is 4.98 Å². The first-order chi connectivity index (χ1) is 15.7. The Morgan fingerprint density at radius 1 is 1.15 bits per heavy atom. The van der Waals surface area contributed by atoms with E-state index in [1.807, 2.05) is 35.9 Å². The van der Waals surface area contributed by atoms with Crippen molar-refractivity contribution in [3.8, 4) is 11.5 Å². The van der Waals surface area contributed by atoms with Crippen LogP contribution in [0.4, 0.5) is 0 Å². The number of nitrogens with zero attached hydrogens (tertiary/aromatic N) is 5. The number of aryl methyl sites for hydroxylation is 4. The highest BCUT2D eigenvalue weighted by Crippen LogP contribution is 2.28. The fraction of sp³-hybridized carbons (Fsp3) is 0.391. The van der Waals surface area contributed by atoms with E-state index in [9.17, 15) is 14.4 Å². The summed E-state index contributed by atoms with van der Waals surface area (Å²) in [5.74, 6) is 1.62. The third-order valence-electron chi connectivity index (χ3n) is 6.14. The Morgan fingerprint density at radius 3 is 2.48 bits per heavy atom. The minimum absolute atomic E-state index is 0.266. The van der Waals surface area contributed by atoms with Gasteiger partial charge >= 0.3 is 5.69 Å². The lowest BCUT2D eigenvalue weighted by Gasteiger charge is -2.12. The van der Waals surface area contributed by atoms with Gasteiger partial charge in [0.25, 0.3) is 5.56 Å². The van der Waals surface area contributed by atoms with Crippen LogP contribution in [0.3, 0.4) is 0 Å². The van der Waals surface area contributed by atoms with Gasteiger partial charge in [0.15, 0.2) is 28.4 Å². The van der Waals surface area contributed by atoms with Crippen LogP contribution in [0.5, 0.6) is 11.5 Å². The van der Waals surface area contributed by atoms with Gasteiger partial charge in [-0.3, -0.25) is 18.6 Å². The summed E-state index contributed by atoms with van der Waals surface area (Å²) in [5.41, 5.74) is 1.43. The number of ketones is 1. The van der Waals surface area contributed by atoms with Gasteiger partial charge in [0, 0.05) is 25.5 Å². The number of methoxy groups -OCH3 is 2. The Balaban J connectivity index is 1.82. The molecular weight excluding hydrogens is 426 g/mol. The van der Waals surface area contributed by atoms with Gasteiger partial charge in [0.05, 0.1) is 20.3 Å². The van der Waals surface area contributed by atoms with Crippen molar-refractivity contribution in [2.45, 2.75) is 39.8 Å². The molecule has 0 fully saturated rings. The molecule has 0 amide bonds. The zero-order valence-corrected chi connectivity index (χ0v) is 19.6. The number of fused-ring (bicyclic) bond motifs is 3. The fourth-order valence-electron chi connectivity index (χ4n) is 4.10. The maximum atomic E-state index is 13.3. The molecule has 0 saturated heterocycles. The predicted octanol–water partition coefficient (Wildman–Crippen LogP) is 1.87. The van der Waals surface area contributed by atoms with E-state index in [0.29, 0.717) is 30.2 Å². The van der Waals surface area contributed by atoms with E-state index < -0.39 is 17.3 Å². The molecule has 1 atom stereocenters. The summed E-state index contributed by atoms with van der Waals surface area (Å²) in [6, 6.07) is 4.91. The molecule has 0 radical (unpaired) electrons. The molecule has 0 bridgehead atoms. The summed E-state index contributed by atoms with van der Waals surface area (Å²) >= 11 is 0. The molecule has 0 aliphatic rings. The number of ether oxygens (including phenoxy) is 2. The molecule has 10 nitrogen and oxygen atoms in total. The second kappa shape index (κ2) is 8.27. The van der Waals surface area contributed by atoms with E-state index in [4.69, 9.17) is 9.47 Å². The van der Waals surface area contributed by atoms with Gasteiger partial charge in [-0.05, 0) is 44.9 Å². The van der Waals surface area contributed by atoms with E-state index in [2.05, 4.69) is 4.98 Å². The standard InChI is InChI=1S/C23H27N5O5/c1-13-12-27-19-20(25(4)23(31)28(21(19)30)14(2)15(3)29)24-22(27)26(13)10-9-16-7-8-17(32-5)18(11-16)33-6/h7-8,11-12,14H,9-10H2,1-6H3. The Hall–Kier alpha value is -3.82. The fourth-order valence-corrected chi connectivity index (χ4v) is 4.10. The van der Waals surface area contributed by atoms with Crippen molar-refractivity contribution in [3.05, 3.63) is 56.5 Å². The number of carbonyl (C=O) groups excluding carboxylic acids is 1. The van der Waals surface area contributed by atoms with Crippen LogP contribution in [-0.4, -0.2) is 43.1 Å². The topological polar surface area (TPSA) is 102 Å². The quantitative estimate of drug-likeness (QED) is 0.423. The second-order valence-electron chi connectivity index (χ2n) is 8.12. The minimum Gasteiger partial charge on any atom is -0.493 e. The van der Waals surface area contributed by atoms with Crippen molar-refractivity contribution in [1.29, 1.82) is 0 Å². The summed E-state index contributed by atoms with van der Waals surface area (Å²) < 4.78 is 16.7. The molecule has 1 unspecified atom stereocenters. The number of hydrogen-bond donors (Lipinski definition) is 0. The van der Waals surface area contributed by atoms with Crippen LogP contribution in [-0.2, 0) is 24.8 Å². The maximum Gasteiger partial charge on any atom is 0.333 e. The summed E-state index contributed by atoms with van der Waals surface area (Å²) in [6.45, 7) is 5.46. The van der Waals surface area contributed by atoms with E-state index in [-0.39, 0.29) is 16.9 Å². The summed E-state index contributed by atoms with van der Waals surface area (Å²) in [5, 5.41) is 0. The number of aromatic nitrogens is 5. The first-order valence-corrected chi connectivity index (χ1v) is 10.6. The highest BCUT2D eigenvalue weighted by Gasteiger charge is 2.23. The Morgan fingerprint density at radius 2 is 1.85 bits per heavy atom.